The number of nitrogens with two attached hydrogens (primary N) is 2. The number of rotatable bonds is 2. The van der Waals surface area contributed by atoms with Crippen LogP contribution in [0.1, 0.15) is 11.1 Å². The summed E-state index contributed by atoms with van der Waals surface area (Å²) < 4.78 is 0. The van der Waals surface area contributed by atoms with E-state index in [1.54, 1.807) is 0 Å². The van der Waals surface area contributed by atoms with Crippen LogP contribution in [0, 0.1) is 11.8 Å². The van der Waals surface area contributed by atoms with E-state index < -0.39 is 5.91 Å². The number of hydrogen-bond donors (Lipinski definition) is 2. The van der Waals surface area contributed by atoms with Crippen molar-refractivity contribution in [3.63, 3.8) is 0 Å². The summed E-state index contributed by atoms with van der Waals surface area (Å²) in [5, 5.41) is 0. The van der Waals surface area contributed by atoms with Gasteiger partial charge < -0.3 is 11.5 Å². The molecule has 0 aliphatic carbocycles. The lowest BCUT2D eigenvalue weighted by atomic mass is 10.1. The molecule has 0 unspecified atom stereocenters. The summed E-state index contributed by atoms with van der Waals surface area (Å²) in [5.74, 6) is 4.41. The molecule has 72 valence electrons. The van der Waals surface area contributed by atoms with E-state index in [4.69, 9.17) is 11.5 Å². The quantitative estimate of drug-likeness (QED) is 0.643. The first-order chi connectivity index (χ1) is 6.74. The molecule has 0 spiro atoms. The van der Waals surface area contributed by atoms with Crippen molar-refractivity contribution in [2.24, 2.45) is 11.5 Å². The number of primary amides is 1. The van der Waals surface area contributed by atoms with Gasteiger partial charge in [0.2, 0.25) is 0 Å². The Hall–Kier alpha value is -1.79. The maximum atomic E-state index is 10.5. The Bertz CT molecular complexity index is 388. The third-order valence-corrected chi connectivity index (χ3v) is 1.75. The molecule has 1 aromatic carbocycles. The lowest BCUT2D eigenvalue weighted by Crippen LogP contribution is -2.07. The van der Waals surface area contributed by atoms with Crippen molar-refractivity contribution in [1.29, 1.82) is 0 Å². The minimum atomic E-state index is -0.618. The molecule has 0 aliphatic heterocycles. The third-order valence-electron chi connectivity index (χ3n) is 1.75. The van der Waals surface area contributed by atoms with Crippen LogP contribution in [0.2, 0.25) is 0 Å². The fourth-order valence-corrected chi connectivity index (χ4v) is 1.14. The Morgan fingerprint density at radius 3 is 2.71 bits per heavy atom. The molecule has 0 saturated carbocycles. The van der Waals surface area contributed by atoms with E-state index in [0.717, 1.165) is 17.5 Å². The zero-order valence-electron chi connectivity index (χ0n) is 7.79. The molecule has 3 heteroatoms. The molecule has 0 fully saturated rings. The predicted molar refractivity (Wildman–Crippen MR) is 55.3 cm³/mol. The monoisotopic (exact) mass is 188 g/mol. The van der Waals surface area contributed by atoms with Crippen LogP contribution in [0.3, 0.4) is 0 Å². The Morgan fingerprint density at radius 2 is 2.07 bits per heavy atom. The van der Waals surface area contributed by atoms with Crippen molar-refractivity contribution >= 4 is 5.91 Å². The SMILES string of the molecule is NCCc1ccccc1C#CC(N)=O. The van der Waals surface area contributed by atoms with Gasteiger partial charge in [0.1, 0.15) is 0 Å². The largest absolute Gasteiger partial charge is 0.359 e. The summed E-state index contributed by atoms with van der Waals surface area (Å²) in [7, 11) is 0. The highest BCUT2D eigenvalue weighted by Crippen LogP contribution is 2.06. The van der Waals surface area contributed by atoms with Crippen LogP contribution < -0.4 is 11.5 Å². The van der Waals surface area contributed by atoms with Gasteiger partial charge in [0, 0.05) is 5.56 Å². The maximum absolute atomic E-state index is 10.5. The van der Waals surface area contributed by atoms with E-state index in [-0.39, 0.29) is 0 Å². The molecule has 0 radical (unpaired) electrons. The Morgan fingerprint density at radius 1 is 1.36 bits per heavy atom. The Balaban J connectivity index is 2.97. The average Bonchev–Trinajstić information content (AvgIpc) is 2.17. The second-order valence-electron chi connectivity index (χ2n) is 2.81. The molecule has 0 aromatic heterocycles. The molecule has 0 heterocycles. The molecular weight excluding hydrogens is 176 g/mol. The third kappa shape index (κ3) is 2.92. The maximum Gasteiger partial charge on any atom is 0.293 e. The first-order valence-corrected chi connectivity index (χ1v) is 4.33. The second kappa shape index (κ2) is 5.05. The van der Waals surface area contributed by atoms with Gasteiger partial charge in [-0.3, -0.25) is 4.79 Å². The van der Waals surface area contributed by atoms with Crippen molar-refractivity contribution in [1.82, 2.24) is 0 Å². The number of hydrogen-bond acceptors (Lipinski definition) is 2. The van der Waals surface area contributed by atoms with Crippen LogP contribution in [-0.4, -0.2) is 12.5 Å². The van der Waals surface area contributed by atoms with Gasteiger partial charge in [-0.1, -0.05) is 24.1 Å². The summed E-state index contributed by atoms with van der Waals surface area (Å²) in [4.78, 5) is 10.5. The van der Waals surface area contributed by atoms with Gasteiger partial charge in [-0.25, -0.2) is 0 Å². The van der Waals surface area contributed by atoms with E-state index in [2.05, 4.69) is 11.8 Å². The first kappa shape index (κ1) is 10.3. The van der Waals surface area contributed by atoms with Gasteiger partial charge in [-0.15, -0.1) is 0 Å². The summed E-state index contributed by atoms with van der Waals surface area (Å²) in [6.07, 6.45) is 0.754. The highest BCUT2D eigenvalue weighted by atomic mass is 16.1. The Labute approximate surface area is 83.1 Å². The number of carbonyl (C=O) groups excluding carboxylic acids is 1. The van der Waals surface area contributed by atoms with Crippen LogP contribution in [0.25, 0.3) is 0 Å². The van der Waals surface area contributed by atoms with Gasteiger partial charge in [-0.05, 0) is 30.5 Å². The molecule has 0 atom stereocenters. The van der Waals surface area contributed by atoms with E-state index in [9.17, 15) is 4.79 Å². The zero-order valence-corrected chi connectivity index (χ0v) is 7.79. The minimum Gasteiger partial charge on any atom is -0.359 e. The highest BCUT2D eigenvalue weighted by molar-refractivity contribution is 5.92. The number of amides is 1. The van der Waals surface area contributed by atoms with Crippen molar-refractivity contribution in [3.8, 4) is 11.8 Å². The van der Waals surface area contributed by atoms with Crippen LogP contribution in [0.4, 0.5) is 0 Å². The zero-order chi connectivity index (χ0) is 10.4. The molecule has 0 bridgehead atoms. The van der Waals surface area contributed by atoms with Gasteiger partial charge in [0.05, 0.1) is 0 Å². The van der Waals surface area contributed by atoms with Crippen LogP contribution >= 0.6 is 0 Å². The normalized spacial score (nSPS) is 8.93. The molecule has 1 aromatic rings. The molecule has 4 N–H and O–H groups in total. The van der Waals surface area contributed by atoms with Crippen molar-refractivity contribution < 1.29 is 4.79 Å². The lowest BCUT2D eigenvalue weighted by molar-refractivity contribution is -0.112. The van der Waals surface area contributed by atoms with E-state index in [1.807, 2.05) is 24.3 Å². The summed E-state index contributed by atoms with van der Waals surface area (Å²) in [6, 6.07) is 7.57. The predicted octanol–water partition coefficient (Wildman–Crippen LogP) is 0.0246. The van der Waals surface area contributed by atoms with Crippen molar-refractivity contribution in [2.75, 3.05) is 6.54 Å². The Kier molecular flexibility index (Phi) is 3.71. The van der Waals surface area contributed by atoms with Crippen molar-refractivity contribution in [2.45, 2.75) is 6.42 Å². The van der Waals surface area contributed by atoms with Crippen LogP contribution in [0.15, 0.2) is 24.3 Å². The second-order valence-corrected chi connectivity index (χ2v) is 2.81. The summed E-state index contributed by atoms with van der Waals surface area (Å²) in [6.45, 7) is 0.565. The standard InChI is InChI=1S/C11H12N2O/c12-8-7-10-4-2-1-3-9(10)5-6-11(13)14/h1-4H,7-8,12H2,(H2,13,14). The fraction of sp³-hybridized carbons (Fsp3) is 0.182. The molecular formula is C11H12N2O. The molecule has 0 aliphatic rings. The topological polar surface area (TPSA) is 69.1 Å². The fourth-order valence-electron chi connectivity index (χ4n) is 1.14. The minimum absolute atomic E-state index is 0.565. The first-order valence-electron chi connectivity index (χ1n) is 4.33. The smallest absolute Gasteiger partial charge is 0.293 e. The van der Waals surface area contributed by atoms with Crippen LogP contribution in [0.5, 0.6) is 0 Å². The van der Waals surface area contributed by atoms with Crippen LogP contribution in [-0.2, 0) is 11.2 Å². The molecule has 1 rings (SSSR count). The van der Waals surface area contributed by atoms with Gasteiger partial charge >= 0.3 is 0 Å². The van der Waals surface area contributed by atoms with E-state index in [1.165, 1.54) is 0 Å². The lowest BCUT2D eigenvalue weighted by Gasteiger charge is -2.00. The van der Waals surface area contributed by atoms with Gasteiger partial charge in [-0.2, -0.15) is 0 Å². The van der Waals surface area contributed by atoms with Gasteiger partial charge in [0.15, 0.2) is 0 Å². The molecule has 0 saturated heterocycles. The average molecular weight is 188 g/mol. The molecule has 3 nitrogen and oxygen atoms in total. The molecule has 14 heavy (non-hydrogen) atoms. The molecule has 1 amide bonds. The summed E-state index contributed by atoms with van der Waals surface area (Å²) in [5.41, 5.74) is 12.2. The van der Waals surface area contributed by atoms with Crippen molar-refractivity contribution in [3.05, 3.63) is 35.4 Å². The van der Waals surface area contributed by atoms with E-state index >= 15 is 0 Å². The summed E-state index contributed by atoms with van der Waals surface area (Å²) >= 11 is 0. The number of carbonyl (C=O) groups is 1. The number of benzene rings is 1. The van der Waals surface area contributed by atoms with Gasteiger partial charge in [0.25, 0.3) is 5.91 Å². The van der Waals surface area contributed by atoms with E-state index in [0.29, 0.717) is 6.54 Å². The highest BCUT2D eigenvalue weighted by Gasteiger charge is 1.96.